The lowest BCUT2D eigenvalue weighted by Gasteiger charge is -2.12. The summed E-state index contributed by atoms with van der Waals surface area (Å²) in [5.41, 5.74) is 3.03. The predicted octanol–water partition coefficient (Wildman–Crippen LogP) is 4.07. The van der Waals surface area contributed by atoms with Crippen LogP contribution in [0.5, 0.6) is 0 Å². The van der Waals surface area contributed by atoms with Gasteiger partial charge in [0.2, 0.25) is 0 Å². The highest BCUT2D eigenvalue weighted by molar-refractivity contribution is 6.04. The van der Waals surface area contributed by atoms with Crippen molar-refractivity contribution >= 4 is 28.3 Å². The van der Waals surface area contributed by atoms with Crippen LogP contribution in [-0.2, 0) is 0 Å². The van der Waals surface area contributed by atoms with Gasteiger partial charge < -0.3 is 5.32 Å². The number of benzene rings is 2. The maximum atomic E-state index is 12.7. The topological polar surface area (TPSA) is 127 Å². The molecule has 0 spiro atoms. The number of nitrogens with one attached hydrogen (secondary N) is 1. The van der Waals surface area contributed by atoms with Gasteiger partial charge in [-0.05, 0) is 43.2 Å². The number of para-hydroxylation sites is 1. The monoisotopic (exact) mass is 412 g/mol. The van der Waals surface area contributed by atoms with Crippen LogP contribution in [0.1, 0.15) is 27.0 Å². The van der Waals surface area contributed by atoms with Crippen molar-refractivity contribution in [2.24, 2.45) is 0 Å². The van der Waals surface area contributed by atoms with Crippen molar-refractivity contribution in [3.63, 3.8) is 0 Å². The molecule has 0 aliphatic rings. The minimum absolute atomic E-state index is 0.120. The second kappa shape index (κ2) is 7.68. The highest BCUT2D eigenvalue weighted by Gasteiger charge is 2.18. The van der Waals surface area contributed by atoms with Crippen molar-refractivity contribution < 1.29 is 9.72 Å². The molecule has 0 fully saturated rings. The lowest BCUT2D eigenvalue weighted by molar-refractivity contribution is -0.384. The maximum absolute atomic E-state index is 12.7. The second-order valence-corrected chi connectivity index (χ2v) is 6.96. The Morgan fingerprint density at radius 3 is 2.58 bits per heavy atom. The van der Waals surface area contributed by atoms with Crippen LogP contribution < -0.4 is 5.32 Å². The third kappa shape index (κ3) is 3.58. The zero-order valence-electron chi connectivity index (χ0n) is 16.7. The third-order valence-corrected chi connectivity index (χ3v) is 4.91. The molecule has 2 heterocycles. The van der Waals surface area contributed by atoms with E-state index in [-0.39, 0.29) is 22.6 Å². The standard InChI is InChI=1S/C22H16N6O3/c1-13-4-3-5-18-14(2)10-19(25-20(13)18)27-21(16(11-23)12-24-27)26-22(29)15-6-8-17(9-7-15)28(30)31/h3-10,12H,1-2H3,(H,26,29). The van der Waals surface area contributed by atoms with Gasteiger partial charge in [0.15, 0.2) is 11.6 Å². The van der Waals surface area contributed by atoms with Gasteiger partial charge in [0, 0.05) is 23.1 Å². The van der Waals surface area contributed by atoms with E-state index in [9.17, 15) is 20.2 Å². The van der Waals surface area contributed by atoms with Crippen molar-refractivity contribution in [3.05, 3.63) is 87.1 Å². The lowest BCUT2D eigenvalue weighted by atomic mass is 10.1. The summed E-state index contributed by atoms with van der Waals surface area (Å²) in [5, 5.41) is 28.2. The van der Waals surface area contributed by atoms with E-state index in [0.29, 0.717) is 5.82 Å². The Kier molecular flexibility index (Phi) is 4.89. The van der Waals surface area contributed by atoms with Gasteiger partial charge in [-0.15, -0.1) is 0 Å². The first-order chi connectivity index (χ1) is 14.9. The number of hydrogen-bond donors (Lipinski definition) is 1. The van der Waals surface area contributed by atoms with Gasteiger partial charge in [-0.3, -0.25) is 14.9 Å². The number of amides is 1. The van der Waals surface area contributed by atoms with Crippen molar-refractivity contribution in [1.82, 2.24) is 14.8 Å². The zero-order chi connectivity index (χ0) is 22.1. The Morgan fingerprint density at radius 2 is 1.90 bits per heavy atom. The Hall–Kier alpha value is -4.58. The molecule has 9 heteroatoms. The van der Waals surface area contributed by atoms with Gasteiger partial charge >= 0.3 is 0 Å². The lowest BCUT2D eigenvalue weighted by Crippen LogP contribution is -2.16. The van der Waals surface area contributed by atoms with Crippen LogP contribution in [0.25, 0.3) is 16.7 Å². The largest absolute Gasteiger partial charge is 0.305 e. The quantitative estimate of drug-likeness (QED) is 0.398. The van der Waals surface area contributed by atoms with Crippen LogP contribution in [0.3, 0.4) is 0 Å². The van der Waals surface area contributed by atoms with Gasteiger partial charge in [0.1, 0.15) is 11.6 Å². The molecule has 1 N–H and O–H groups in total. The fraction of sp³-hybridized carbons (Fsp3) is 0.0909. The normalized spacial score (nSPS) is 10.6. The molecule has 4 rings (SSSR count). The molecule has 0 saturated carbocycles. The molecule has 0 aliphatic carbocycles. The fourth-order valence-electron chi connectivity index (χ4n) is 3.29. The minimum Gasteiger partial charge on any atom is -0.305 e. The van der Waals surface area contributed by atoms with Crippen LogP contribution in [0.2, 0.25) is 0 Å². The van der Waals surface area contributed by atoms with Crippen molar-refractivity contribution in [1.29, 1.82) is 5.26 Å². The number of nitro benzene ring substituents is 1. The van der Waals surface area contributed by atoms with E-state index in [2.05, 4.69) is 15.4 Å². The van der Waals surface area contributed by atoms with Gasteiger partial charge in [-0.25, -0.2) is 4.98 Å². The van der Waals surface area contributed by atoms with Gasteiger partial charge in [-0.1, -0.05) is 18.2 Å². The molecule has 0 saturated heterocycles. The highest BCUT2D eigenvalue weighted by Crippen LogP contribution is 2.25. The number of aryl methyl sites for hydroxylation is 2. The number of hydrogen-bond acceptors (Lipinski definition) is 6. The van der Waals surface area contributed by atoms with Crippen molar-refractivity contribution in [3.8, 4) is 11.9 Å². The first kappa shape index (κ1) is 19.7. The molecule has 2 aromatic heterocycles. The van der Waals surface area contributed by atoms with E-state index in [1.807, 2.05) is 44.2 Å². The first-order valence-corrected chi connectivity index (χ1v) is 9.30. The molecular formula is C22H16N6O3. The molecule has 1 amide bonds. The number of pyridine rings is 1. The van der Waals surface area contributed by atoms with Crippen LogP contribution in [0.15, 0.2) is 54.7 Å². The van der Waals surface area contributed by atoms with Crippen LogP contribution in [0.4, 0.5) is 11.5 Å². The van der Waals surface area contributed by atoms with E-state index in [1.54, 1.807) is 0 Å². The van der Waals surface area contributed by atoms with Crippen LogP contribution in [-0.4, -0.2) is 25.6 Å². The van der Waals surface area contributed by atoms with Crippen molar-refractivity contribution in [2.75, 3.05) is 5.32 Å². The maximum Gasteiger partial charge on any atom is 0.269 e. The van der Waals surface area contributed by atoms with Gasteiger partial charge in [0.05, 0.1) is 16.6 Å². The molecular weight excluding hydrogens is 396 g/mol. The van der Waals surface area contributed by atoms with E-state index in [0.717, 1.165) is 22.0 Å². The van der Waals surface area contributed by atoms with Crippen molar-refractivity contribution in [2.45, 2.75) is 13.8 Å². The van der Waals surface area contributed by atoms with E-state index in [4.69, 9.17) is 0 Å². The second-order valence-electron chi connectivity index (χ2n) is 6.96. The summed E-state index contributed by atoms with van der Waals surface area (Å²) >= 11 is 0. The molecule has 0 radical (unpaired) electrons. The highest BCUT2D eigenvalue weighted by atomic mass is 16.6. The molecule has 31 heavy (non-hydrogen) atoms. The summed E-state index contributed by atoms with van der Waals surface area (Å²) in [5.74, 6) is 0.104. The molecule has 0 aliphatic heterocycles. The van der Waals surface area contributed by atoms with E-state index >= 15 is 0 Å². The molecule has 0 unspecified atom stereocenters. The number of rotatable bonds is 4. The molecule has 152 valence electrons. The Bertz CT molecular complexity index is 1380. The van der Waals surface area contributed by atoms with E-state index in [1.165, 1.54) is 35.1 Å². The predicted molar refractivity (Wildman–Crippen MR) is 114 cm³/mol. The number of non-ortho nitro benzene ring substituents is 1. The summed E-state index contributed by atoms with van der Waals surface area (Å²) in [6, 6.07) is 14.9. The zero-order valence-corrected chi connectivity index (χ0v) is 16.7. The number of anilines is 1. The third-order valence-electron chi connectivity index (χ3n) is 4.91. The number of carbonyl (C=O) groups is 1. The smallest absolute Gasteiger partial charge is 0.269 e. The van der Waals surface area contributed by atoms with Crippen LogP contribution >= 0.6 is 0 Å². The summed E-state index contributed by atoms with van der Waals surface area (Å²) in [6.45, 7) is 3.91. The average molecular weight is 412 g/mol. The number of aromatic nitrogens is 3. The molecule has 9 nitrogen and oxygen atoms in total. The molecule has 2 aromatic carbocycles. The molecule has 0 bridgehead atoms. The summed E-state index contributed by atoms with van der Waals surface area (Å²) in [4.78, 5) is 27.7. The van der Waals surface area contributed by atoms with Gasteiger partial charge in [0.25, 0.3) is 11.6 Å². The average Bonchev–Trinajstić information content (AvgIpc) is 3.17. The number of nitro groups is 1. The Morgan fingerprint density at radius 1 is 1.16 bits per heavy atom. The summed E-state index contributed by atoms with van der Waals surface area (Å²) < 4.78 is 1.40. The first-order valence-electron chi connectivity index (χ1n) is 9.30. The summed E-state index contributed by atoms with van der Waals surface area (Å²) in [7, 11) is 0. The minimum atomic E-state index is -0.541. The molecule has 0 atom stereocenters. The number of fused-ring (bicyclic) bond motifs is 1. The molecule has 4 aromatic rings. The number of carbonyl (C=O) groups excluding carboxylic acids is 1. The van der Waals surface area contributed by atoms with E-state index < -0.39 is 10.8 Å². The fourth-order valence-corrected chi connectivity index (χ4v) is 3.29. The Labute approximate surface area is 176 Å². The van der Waals surface area contributed by atoms with Crippen LogP contribution in [0, 0.1) is 35.3 Å². The summed E-state index contributed by atoms with van der Waals surface area (Å²) in [6.07, 6.45) is 1.35. The number of nitriles is 1. The van der Waals surface area contributed by atoms with Gasteiger partial charge in [-0.2, -0.15) is 15.0 Å². The number of nitrogens with zero attached hydrogens (tertiary/aromatic N) is 5. The SMILES string of the molecule is Cc1cc(-n2ncc(C#N)c2NC(=O)c2ccc([N+](=O)[O-])cc2)nc2c(C)cccc12. The Balaban J connectivity index is 1.76.